The van der Waals surface area contributed by atoms with Crippen molar-refractivity contribution in [1.29, 1.82) is 0 Å². The van der Waals surface area contributed by atoms with E-state index < -0.39 is 0 Å². The van der Waals surface area contributed by atoms with Crippen molar-refractivity contribution in [1.82, 2.24) is 5.32 Å². The zero-order valence-electron chi connectivity index (χ0n) is 10.5. The number of hydrogen-bond acceptors (Lipinski definition) is 2. The number of nitrogens with one attached hydrogen (secondary N) is 1. The van der Waals surface area contributed by atoms with Gasteiger partial charge in [-0.05, 0) is 36.6 Å². The number of benzene rings is 1. The van der Waals surface area contributed by atoms with E-state index in [4.69, 9.17) is 0 Å². The first kappa shape index (κ1) is 12.7. The second kappa shape index (κ2) is 4.88. The minimum atomic E-state index is -0.330. The smallest absolute Gasteiger partial charge is 0.230 e. The fourth-order valence-electron chi connectivity index (χ4n) is 2.61. The normalized spacial score (nSPS) is 23.9. The van der Waals surface area contributed by atoms with Crippen molar-refractivity contribution in [3.8, 4) is 0 Å². The van der Waals surface area contributed by atoms with Crippen molar-refractivity contribution in [2.75, 3.05) is 0 Å². The van der Waals surface area contributed by atoms with Crippen LogP contribution in [0.3, 0.4) is 0 Å². The molecule has 1 fully saturated rings. The largest absolute Gasteiger partial charge is 0.296 e. The zero-order valence-corrected chi connectivity index (χ0v) is 10.5. The molecule has 2 atom stereocenters. The van der Waals surface area contributed by atoms with Gasteiger partial charge in [-0.2, -0.15) is 0 Å². The molecule has 1 N–H and O–H groups in total. The summed E-state index contributed by atoms with van der Waals surface area (Å²) >= 11 is 0. The molecule has 1 aliphatic rings. The Morgan fingerprint density at radius 2 is 2.11 bits per heavy atom. The Kier molecular flexibility index (Phi) is 3.45. The number of piperidine rings is 1. The van der Waals surface area contributed by atoms with Gasteiger partial charge >= 0.3 is 0 Å². The SMILES string of the molecule is CCC1C(=O)NC(=O)CC1c1cc(F)ccc1C. The van der Waals surface area contributed by atoms with Crippen molar-refractivity contribution >= 4 is 11.8 Å². The van der Waals surface area contributed by atoms with Crippen molar-refractivity contribution in [2.45, 2.75) is 32.6 Å². The molecule has 2 amide bonds. The van der Waals surface area contributed by atoms with Crippen LogP contribution < -0.4 is 5.32 Å². The quantitative estimate of drug-likeness (QED) is 0.817. The molecule has 18 heavy (non-hydrogen) atoms. The highest BCUT2D eigenvalue weighted by atomic mass is 19.1. The highest BCUT2D eigenvalue weighted by Crippen LogP contribution is 2.35. The van der Waals surface area contributed by atoms with Crippen LogP contribution in [0.4, 0.5) is 4.39 Å². The molecule has 3 nitrogen and oxygen atoms in total. The van der Waals surface area contributed by atoms with Crippen LogP contribution in [0, 0.1) is 18.7 Å². The number of carbonyl (C=O) groups excluding carboxylic acids is 2. The Bertz CT molecular complexity index is 499. The molecule has 0 aliphatic carbocycles. The fraction of sp³-hybridized carbons (Fsp3) is 0.429. The molecular weight excluding hydrogens is 233 g/mol. The van der Waals surface area contributed by atoms with Gasteiger partial charge in [0.05, 0.1) is 0 Å². The number of hydrogen-bond donors (Lipinski definition) is 1. The summed E-state index contributed by atoms with van der Waals surface area (Å²) in [6.45, 7) is 3.78. The molecular formula is C14H16FNO2. The van der Waals surface area contributed by atoms with E-state index in [2.05, 4.69) is 5.32 Å². The summed E-state index contributed by atoms with van der Waals surface area (Å²) in [5.74, 6) is -1.33. The lowest BCUT2D eigenvalue weighted by Crippen LogP contribution is -2.44. The van der Waals surface area contributed by atoms with Gasteiger partial charge in [0, 0.05) is 18.3 Å². The second-order valence-corrected chi connectivity index (χ2v) is 4.74. The van der Waals surface area contributed by atoms with Crippen LogP contribution in [0.1, 0.15) is 36.8 Å². The number of aryl methyl sites for hydroxylation is 1. The third-order valence-electron chi connectivity index (χ3n) is 3.57. The van der Waals surface area contributed by atoms with E-state index in [0.717, 1.165) is 11.1 Å². The van der Waals surface area contributed by atoms with E-state index in [1.54, 1.807) is 6.07 Å². The molecule has 0 saturated carbocycles. The Morgan fingerprint density at radius 3 is 2.78 bits per heavy atom. The number of amides is 2. The van der Waals surface area contributed by atoms with Gasteiger partial charge in [0.15, 0.2) is 0 Å². The summed E-state index contributed by atoms with van der Waals surface area (Å²) in [4.78, 5) is 23.3. The van der Waals surface area contributed by atoms with Crippen molar-refractivity contribution in [3.05, 3.63) is 35.1 Å². The standard InChI is InChI=1S/C14H16FNO2/c1-3-10-12(7-13(17)16-14(10)18)11-6-9(15)5-4-8(11)2/h4-6,10,12H,3,7H2,1-2H3,(H,16,17,18). The maximum Gasteiger partial charge on any atom is 0.230 e. The summed E-state index contributed by atoms with van der Waals surface area (Å²) in [6.07, 6.45) is 0.883. The average molecular weight is 249 g/mol. The van der Waals surface area contributed by atoms with Gasteiger partial charge in [-0.25, -0.2) is 4.39 Å². The predicted octanol–water partition coefficient (Wildman–Crippen LogP) is 2.29. The summed E-state index contributed by atoms with van der Waals surface area (Å²) in [5, 5.41) is 2.34. The molecule has 0 bridgehead atoms. The molecule has 2 unspecified atom stereocenters. The molecule has 0 radical (unpaired) electrons. The first-order chi connectivity index (χ1) is 8.52. The lowest BCUT2D eigenvalue weighted by atomic mass is 9.77. The van der Waals surface area contributed by atoms with E-state index in [-0.39, 0.29) is 35.9 Å². The maximum atomic E-state index is 13.3. The second-order valence-electron chi connectivity index (χ2n) is 4.74. The van der Waals surface area contributed by atoms with Crippen LogP contribution in [-0.2, 0) is 9.59 Å². The number of rotatable bonds is 2. The third-order valence-corrected chi connectivity index (χ3v) is 3.57. The first-order valence-corrected chi connectivity index (χ1v) is 6.12. The molecule has 1 aliphatic heterocycles. The molecule has 2 rings (SSSR count). The number of halogens is 1. The summed E-state index contributed by atoms with van der Waals surface area (Å²) < 4.78 is 13.3. The van der Waals surface area contributed by atoms with Crippen LogP contribution >= 0.6 is 0 Å². The van der Waals surface area contributed by atoms with Crippen LogP contribution in [-0.4, -0.2) is 11.8 Å². The molecule has 0 spiro atoms. The van der Waals surface area contributed by atoms with Crippen LogP contribution in [0.15, 0.2) is 18.2 Å². The Balaban J connectivity index is 2.42. The minimum absolute atomic E-state index is 0.216. The van der Waals surface area contributed by atoms with Gasteiger partial charge in [-0.3, -0.25) is 14.9 Å². The van der Waals surface area contributed by atoms with Gasteiger partial charge in [0.25, 0.3) is 0 Å². The molecule has 96 valence electrons. The lowest BCUT2D eigenvalue weighted by Gasteiger charge is -2.30. The number of imide groups is 1. The van der Waals surface area contributed by atoms with E-state index in [0.29, 0.717) is 6.42 Å². The first-order valence-electron chi connectivity index (χ1n) is 6.12. The van der Waals surface area contributed by atoms with Crippen LogP contribution in [0.25, 0.3) is 0 Å². The van der Waals surface area contributed by atoms with E-state index in [1.165, 1.54) is 12.1 Å². The van der Waals surface area contributed by atoms with E-state index in [9.17, 15) is 14.0 Å². The Morgan fingerprint density at radius 1 is 1.39 bits per heavy atom. The lowest BCUT2D eigenvalue weighted by molar-refractivity contribution is -0.137. The third kappa shape index (κ3) is 2.28. The highest BCUT2D eigenvalue weighted by Gasteiger charge is 2.36. The van der Waals surface area contributed by atoms with Gasteiger partial charge in [-0.15, -0.1) is 0 Å². The Labute approximate surface area is 105 Å². The van der Waals surface area contributed by atoms with Crippen molar-refractivity contribution < 1.29 is 14.0 Å². The van der Waals surface area contributed by atoms with Gasteiger partial charge in [0.1, 0.15) is 5.82 Å². The van der Waals surface area contributed by atoms with E-state index in [1.807, 2.05) is 13.8 Å². The molecule has 1 heterocycles. The molecule has 0 aromatic heterocycles. The van der Waals surface area contributed by atoms with Crippen LogP contribution in [0.5, 0.6) is 0 Å². The molecule has 4 heteroatoms. The average Bonchev–Trinajstić information content (AvgIpc) is 2.31. The maximum absolute atomic E-state index is 13.3. The van der Waals surface area contributed by atoms with Crippen molar-refractivity contribution in [3.63, 3.8) is 0 Å². The van der Waals surface area contributed by atoms with Gasteiger partial charge < -0.3 is 0 Å². The minimum Gasteiger partial charge on any atom is -0.296 e. The fourth-order valence-corrected chi connectivity index (χ4v) is 2.61. The summed E-state index contributed by atoms with van der Waals surface area (Å²) in [5.41, 5.74) is 1.69. The number of carbonyl (C=O) groups is 2. The predicted molar refractivity (Wildman–Crippen MR) is 65.4 cm³/mol. The highest BCUT2D eigenvalue weighted by molar-refractivity contribution is 5.99. The van der Waals surface area contributed by atoms with Gasteiger partial charge in [0.2, 0.25) is 11.8 Å². The summed E-state index contributed by atoms with van der Waals surface area (Å²) in [7, 11) is 0. The zero-order chi connectivity index (χ0) is 13.3. The van der Waals surface area contributed by atoms with Gasteiger partial charge in [-0.1, -0.05) is 13.0 Å². The van der Waals surface area contributed by atoms with Crippen molar-refractivity contribution in [2.24, 2.45) is 5.92 Å². The van der Waals surface area contributed by atoms with Crippen LogP contribution in [0.2, 0.25) is 0 Å². The summed E-state index contributed by atoms with van der Waals surface area (Å²) in [6, 6.07) is 4.52. The topological polar surface area (TPSA) is 46.2 Å². The van der Waals surface area contributed by atoms with E-state index >= 15 is 0 Å². The monoisotopic (exact) mass is 249 g/mol. The molecule has 1 aromatic carbocycles. The molecule has 1 aromatic rings. The molecule has 1 saturated heterocycles. The Hall–Kier alpha value is -1.71.